The number of rotatable bonds is 6. The number of halogens is 1. The van der Waals surface area contributed by atoms with Gasteiger partial charge in [0.25, 0.3) is 0 Å². The molecule has 21 heavy (non-hydrogen) atoms. The van der Waals surface area contributed by atoms with Crippen LogP contribution in [0.5, 0.6) is 0 Å². The summed E-state index contributed by atoms with van der Waals surface area (Å²) < 4.78 is 27.0. The van der Waals surface area contributed by atoms with E-state index in [1.165, 1.54) is 37.6 Å². The second-order valence-electron chi connectivity index (χ2n) is 5.63. The van der Waals surface area contributed by atoms with Gasteiger partial charge in [-0.3, -0.25) is 0 Å². The first kappa shape index (κ1) is 16.7. The van der Waals surface area contributed by atoms with Gasteiger partial charge in [-0.05, 0) is 44.0 Å². The van der Waals surface area contributed by atoms with Gasteiger partial charge in [-0.15, -0.1) is 0 Å². The summed E-state index contributed by atoms with van der Waals surface area (Å²) in [6.07, 6.45) is 5.19. The van der Waals surface area contributed by atoms with Crippen LogP contribution in [-0.4, -0.2) is 44.5 Å². The largest absolute Gasteiger partial charge is 0.303 e. The van der Waals surface area contributed by atoms with E-state index in [4.69, 9.17) is 11.6 Å². The number of nitrogens with zero attached hydrogens (tertiary/aromatic N) is 2. The van der Waals surface area contributed by atoms with Gasteiger partial charge in [0.15, 0.2) is 0 Å². The summed E-state index contributed by atoms with van der Waals surface area (Å²) in [5.74, 6) is 0.273. The molecule has 1 aliphatic rings. The Hall–Kier alpha value is -0.690. The zero-order valence-electron chi connectivity index (χ0n) is 12.3. The molecule has 0 radical (unpaired) electrons. The molecule has 1 N–H and O–H groups in total. The highest BCUT2D eigenvalue weighted by molar-refractivity contribution is 7.89. The summed E-state index contributed by atoms with van der Waals surface area (Å²) in [7, 11) is -3.51. The molecule has 0 bridgehead atoms. The zero-order valence-corrected chi connectivity index (χ0v) is 13.8. The van der Waals surface area contributed by atoms with Crippen molar-refractivity contribution in [1.82, 2.24) is 14.6 Å². The van der Waals surface area contributed by atoms with Crippen molar-refractivity contribution in [3.8, 4) is 0 Å². The maximum atomic E-state index is 12.2. The molecule has 0 aliphatic carbocycles. The molecule has 2 heterocycles. The number of hydrogen-bond acceptors (Lipinski definition) is 4. The third kappa shape index (κ3) is 5.21. The average molecular weight is 332 g/mol. The van der Waals surface area contributed by atoms with Gasteiger partial charge >= 0.3 is 0 Å². The molecule has 1 saturated heterocycles. The molecule has 1 unspecified atom stereocenters. The van der Waals surface area contributed by atoms with Gasteiger partial charge in [0.2, 0.25) is 10.0 Å². The van der Waals surface area contributed by atoms with Gasteiger partial charge in [-0.2, -0.15) is 0 Å². The smallest absolute Gasteiger partial charge is 0.240 e. The van der Waals surface area contributed by atoms with Crippen molar-refractivity contribution in [3.05, 3.63) is 23.5 Å². The zero-order chi connectivity index (χ0) is 15.3. The van der Waals surface area contributed by atoms with E-state index < -0.39 is 10.0 Å². The summed E-state index contributed by atoms with van der Waals surface area (Å²) in [6, 6.07) is 2.81. The van der Waals surface area contributed by atoms with Crippen molar-refractivity contribution in [1.29, 1.82) is 0 Å². The second kappa shape index (κ2) is 7.54. The number of nitrogens with one attached hydrogen (secondary N) is 1. The quantitative estimate of drug-likeness (QED) is 0.811. The molecule has 0 aromatic carbocycles. The van der Waals surface area contributed by atoms with Crippen LogP contribution in [0, 0.1) is 5.92 Å². The standard InChI is InChI=1S/C14H22ClN3O2S/c1-12(11-18-7-3-2-4-8-18)10-17-21(19,20)13-5-6-16-14(15)9-13/h5-6,9,12,17H,2-4,7-8,10-11H2,1H3. The van der Waals surface area contributed by atoms with Crippen LogP contribution in [0.3, 0.4) is 0 Å². The second-order valence-corrected chi connectivity index (χ2v) is 7.79. The van der Waals surface area contributed by atoms with Gasteiger partial charge in [0, 0.05) is 19.3 Å². The number of piperidine rings is 1. The Morgan fingerprint density at radius 3 is 2.76 bits per heavy atom. The van der Waals surface area contributed by atoms with E-state index in [-0.39, 0.29) is 16.0 Å². The Balaban J connectivity index is 1.86. The molecule has 7 heteroatoms. The fourth-order valence-corrected chi connectivity index (χ4v) is 3.95. The van der Waals surface area contributed by atoms with Gasteiger partial charge in [0.1, 0.15) is 5.15 Å². The van der Waals surface area contributed by atoms with Crippen molar-refractivity contribution in [2.75, 3.05) is 26.2 Å². The Morgan fingerprint density at radius 2 is 2.10 bits per heavy atom. The van der Waals surface area contributed by atoms with Gasteiger partial charge in [0.05, 0.1) is 4.90 Å². The number of likely N-dealkylation sites (tertiary alicyclic amines) is 1. The van der Waals surface area contributed by atoms with E-state index in [9.17, 15) is 8.42 Å². The molecule has 0 amide bonds. The summed E-state index contributed by atoms with van der Waals surface area (Å²) in [5.41, 5.74) is 0. The van der Waals surface area contributed by atoms with Crippen molar-refractivity contribution < 1.29 is 8.42 Å². The van der Waals surface area contributed by atoms with Crippen LogP contribution < -0.4 is 4.72 Å². The van der Waals surface area contributed by atoms with E-state index in [0.29, 0.717) is 6.54 Å². The van der Waals surface area contributed by atoms with Crippen molar-refractivity contribution in [3.63, 3.8) is 0 Å². The fourth-order valence-electron chi connectivity index (χ4n) is 2.53. The summed E-state index contributed by atoms with van der Waals surface area (Å²) in [4.78, 5) is 6.36. The maximum Gasteiger partial charge on any atom is 0.240 e. The van der Waals surface area contributed by atoms with E-state index >= 15 is 0 Å². The van der Waals surface area contributed by atoms with E-state index in [2.05, 4.69) is 21.5 Å². The van der Waals surface area contributed by atoms with Gasteiger partial charge in [-0.1, -0.05) is 24.9 Å². The van der Waals surface area contributed by atoms with E-state index in [1.54, 1.807) is 0 Å². The Morgan fingerprint density at radius 1 is 1.38 bits per heavy atom. The number of aromatic nitrogens is 1. The third-order valence-corrected chi connectivity index (χ3v) is 5.28. The minimum Gasteiger partial charge on any atom is -0.303 e. The van der Waals surface area contributed by atoms with Crippen molar-refractivity contribution >= 4 is 21.6 Å². The summed E-state index contributed by atoms with van der Waals surface area (Å²) in [5, 5.41) is 0.180. The topological polar surface area (TPSA) is 62.3 Å². The predicted octanol–water partition coefficient (Wildman–Crippen LogP) is 2.14. The van der Waals surface area contributed by atoms with E-state index in [1.807, 2.05) is 0 Å². The van der Waals surface area contributed by atoms with Crippen molar-refractivity contribution in [2.24, 2.45) is 5.92 Å². The number of sulfonamides is 1. The van der Waals surface area contributed by atoms with Gasteiger partial charge < -0.3 is 4.90 Å². The van der Waals surface area contributed by atoms with Crippen LogP contribution in [0.15, 0.2) is 23.2 Å². The molecule has 5 nitrogen and oxygen atoms in total. The third-order valence-electron chi connectivity index (χ3n) is 3.65. The lowest BCUT2D eigenvalue weighted by Crippen LogP contribution is -2.38. The molecule has 2 rings (SSSR count). The lowest BCUT2D eigenvalue weighted by molar-refractivity contribution is 0.201. The molecule has 1 fully saturated rings. The first-order valence-electron chi connectivity index (χ1n) is 7.31. The van der Waals surface area contributed by atoms with Gasteiger partial charge in [-0.25, -0.2) is 18.1 Å². The highest BCUT2D eigenvalue weighted by Gasteiger charge is 2.18. The maximum absolute atomic E-state index is 12.2. The molecular weight excluding hydrogens is 310 g/mol. The molecule has 118 valence electrons. The molecular formula is C14H22ClN3O2S. The lowest BCUT2D eigenvalue weighted by Gasteiger charge is -2.29. The highest BCUT2D eigenvalue weighted by atomic mass is 35.5. The highest BCUT2D eigenvalue weighted by Crippen LogP contribution is 2.14. The molecule has 1 aliphatic heterocycles. The molecule has 0 spiro atoms. The lowest BCUT2D eigenvalue weighted by atomic mass is 10.1. The van der Waals surface area contributed by atoms with Crippen LogP contribution in [0.2, 0.25) is 5.15 Å². The van der Waals surface area contributed by atoms with Crippen LogP contribution in [0.25, 0.3) is 0 Å². The Bertz CT molecular complexity index is 559. The summed E-state index contributed by atoms with van der Waals surface area (Å²) >= 11 is 5.73. The van der Waals surface area contributed by atoms with Crippen LogP contribution in [0.1, 0.15) is 26.2 Å². The fraction of sp³-hybridized carbons (Fsp3) is 0.643. The summed E-state index contributed by atoms with van der Waals surface area (Å²) in [6.45, 7) is 5.67. The molecule has 1 atom stereocenters. The minimum absolute atomic E-state index is 0.160. The number of hydrogen-bond donors (Lipinski definition) is 1. The minimum atomic E-state index is -3.51. The van der Waals surface area contributed by atoms with Crippen molar-refractivity contribution in [2.45, 2.75) is 31.1 Å². The first-order chi connectivity index (χ1) is 9.97. The SMILES string of the molecule is CC(CNS(=O)(=O)c1ccnc(Cl)c1)CN1CCCCC1. The number of pyridine rings is 1. The predicted molar refractivity (Wildman–Crippen MR) is 83.9 cm³/mol. The monoisotopic (exact) mass is 331 g/mol. The Kier molecular flexibility index (Phi) is 5.98. The molecule has 1 aromatic heterocycles. The average Bonchev–Trinajstić information content (AvgIpc) is 2.46. The van der Waals surface area contributed by atoms with Crippen LogP contribution >= 0.6 is 11.6 Å². The van der Waals surface area contributed by atoms with Crippen LogP contribution in [-0.2, 0) is 10.0 Å². The van der Waals surface area contributed by atoms with Crippen LogP contribution in [0.4, 0.5) is 0 Å². The Labute approximate surface area is 131 Å². The van der Waals surface area contributed by atoms with E-state index in [0.717, 1.165) is 19.6 Å². The normalized spacial score (nSPS) is 18.6. The molecule has 0 saturated carbocycles. The first-order valence-corrected chi connectivity index (χ1v) is 9.17. The molecule has 1 aromatic rings.